The highest BCUT2D eigenvalue weighted by atomic mass is 15.3. The molecule has 1 aliphatic carbocycles. The third-order valence-electron chi connectivity index (χ3n) is 5.85. The molecule has 0 bridgehead atoms. The van der Waals surface area contributed by atoms with Crippen LogP contribution in [0, 0.1) is 11.3 Å². The van der Waals surface area contributed by atoms with Crippen LogP contribution >= 0.6 is 0 Å². The van der Waals surface area contributed by atoms with Crippen molar-refractivity contribution in [3.63, 3.8) is 0 Å². The summed E-state index contributed by atoms with van der Waals surface area (Å²) < 4.78 is 0. The van der Waals surface area contributed by atoms with Crippen LogP contribution in [0.5, 0.6) is 0 Å². The Morgan fingerprint density at radius 3 is 2.50 bits per heavy atom. The minimum atomic E-state index is 0.480. The first-order valence-corrected chi connectivity index (χ1v) is 9.77. The van der Waals surface area contributed by atoms with Gasteiger partial charge in [0.2, 0.25) is 0 Å². The van der Waals surface area contributed by atoms with Gasteiger partial charge < -0.3 is 15.5 Å². The number of hydrogen-bond donors (Lipinski definition) is 2. The van der Waals surface area contributed by atoms with Crippen LogP contribution in [0.4, 0.5) is 0 Å². The molecule has 0 radical (unpaired) electrons. The Kier molecular flexibility index (Phi) is 7.35. The molecule has 2 N–H and O–H groups in total. The molecule has 1 saturated carbocycles. The molecular weight excluding hydrogens is 298 g/mol. The quantitative estimate of drug-likeness (QED) is 0.575. The molecule has 2 aliphatic rings. The zero-order chi connectivity index (χ0) is 17.6. The highest BCUT2D eigenvalue weighted by Gasteiger charge is 2.34. The second-order valence-corrected chi connectivity index (χ2v) is 8.51. The molecule has 2 rings (SSSR count). The summed E-state index contributed by atoms with van der Waals surface area (Å²) in [4.78, 5) is 9.32. The third-order valence-corrected chi connectivity index (χ3v) is 5.85. The van der Waals surface area contributed by atoms with Gasteiger partial charge in [0, 0.05) is 45.8 Å². The SMILES string of the molecule is CN=C(NCC1CN(C)CCN1C)NCC1(CC(C)C)CCCC1. The van der Waals surface area contributed by atoms with Crippen LogP contribution in [-0.2, 0) is 0 Å². The predicted molar refractivity (Wildman–Crippen MR) is 104 cm³/mol. The minimum Gasteiger partial charge on any atom is -0.356 e. The van der Waals surface area contributed by atoms with Crippen LogP contribution in [0.25, 0.3) is 0 Å². The molecular formula is C19H39N5. The van der Waals surface area contributed by atoms with E-state index >= 15 is 0 Å². The first kappa shape index (κ1) is 19.5. The van der Waals surface area contributed by atoms with Crippen molar-refractivity contribution in [1.29, 1.82) is 0 Å². The molecule has 5 nitrogen and oxygen atoms in total. The van der Waals surface area contributed by atoms with Gasteiger partial charge in [-0.1, -0.05) is 26.7 Å². The smallest absolute Gasteiger partial charge is 0.191 e. The fraction of sp³-hybridized carbons (Fsp3) is 0.947. The van der Waals surface area contributed by atoms with Crippen molar-refractivity contribution in [2.75, 3.05) is 53.9 Å². The van der Waals surface area contributed by atoms with Crippen molar-refractivity contribution >= 4 is 5.96 Å². The van der Waals surface area contributed by atoms with Gasteiger partial charge in [0.25, 0.3) is 0 Å². The molecule has 140 valence electrons. The van der Waals surface area contributed by atoms with Gasteiger partial charge in [-0.3, -0.25) is 9.89 Å². The summed E-state index contributed by atoms with van der Waals surface area (Å²) in [5.74, 6) is 1.73. The first-order chi connectivity index (χ1) is 11.4. The average Bonchev–Trinajstić information content (AvgIpc) is 2.98. The molecule has 1 aliphatic heterocycles. The van der Waals surface area contributed by atoms with E-state index in [9.17, 15) is 0 Å². The minimum absolute atomic E-state index is 0.480. The van der Waals surface area contributed by atoms with Gasteiger partial charge >= 0.3 is 0 Å². The number of guanidine groups is 1. The van der Waals surface area contributed by atoms with Crippen LogP contribution < -0.4 is 10.6 Å². The van der Waals surface area contributed by atoms with Crippen LogP contribution in [-0.4, -0.2) is 75.7 Å². The van der Waals surface area contributed by atoms with E-state index in [4.69, 9.17) is 0 Å². The van der Waals surface area contributed by atoms with Crippen LogP contribution in [0.2, 0.25) is 0 Å². The van der Waals surface area contributed by atoms with Crippen LogP contribution in [0.15, 0.2) is 4.99 Å². The van der Waals surface area contributed by atoms with Gasteiger partial charge in [-0.2, -0.15) is 0 Å². The summed E-state index contributed by atoms with van der Waals surface area (Å²) in [7, 11) is 6.32. The molecule has 0 aromatic rings. The largest absolute Gasteiger partial charge is 0.356 e. The van der Waals surface area contributed by atoms with E-state index in [0.29, 0.717) is 11.5 Å². The molecule has 1 heterocycles. The Labute approximate surface area is 149 Å². The lowest BCUT2D eigenvalue weighted by Crippen LogP contribution is -2.55. The maximum Gasteiger partial charge on any atom is 0.191 e. The standard InChI is InChI=1S/C19H39N5/c1-16(2)12-19(8-6-7-9-19)15-22-18(20-3)21-13-17-14-23(4)10-11-24(17)5/h16-17H,6-15H2,1-5H3,(H2,20,21,22). The highest BCUT2D eigenvalue weighted by molar-refractivity contribution is 5.79. The van der Waals surface area contributed by atoms with Crippen molar-refractivity contribution in [2.45, 2.75) is 52.0 Å². The Balaban J connectivity index is 1.81. The molecule has 5 heteroatoms. The second-order valence-electron chi connectivity index (χ2n) is 8.51. The Hall–Kier alpha value is -0.810. The lowest BCUT2D eigenvalue weighted by molar-refractivity contribution is 0.116. The molecule has 1 atom stereocenters. The van der Waals surface area contributed by atoms with Crippen LogP contribution in [0.1, 0.15) is 46.0 Å². The summed E-state index contributed by atoms with van der Waals surface area (Å²) in [5.41, 5.74) is 0.480. The third kappa shape index (κ3) is 5.62. The van der Waals surface area contributed by atoms with E-state index in [2.05, 4.69) is 53.4 Å². The van der Waals surface area contributed by atoms with E-state index in [1.807, 2.05) is 7.05 Å². The predicted octanol–water partition coefficient (Wildman–Crippen LogP) is 2.00. The number of rotatable bonds is 6. The fourth-order valence-electron chi connectivity index (χ4n) is 4.47. The van der Waals surface area contributed by atoms with Crippen molar-refractivity contribution in [3.8, 4) is 0 Å². The van der Waals surface area contributed by atoms with E-state index < -0.39 is 0 Å². The van der Waals surface area contributed by atoms with Gasteiger partial charge in [0.1, 0.15) is 0 Å². The zero-order valence-electron chi connectivity index (χ0n) is 16.6. The van der Waals surface area contributed by atoms with Crippen LogP contribution in [0.3, 0.4) is 0 Å². The van der Waals surface area contributed by atoms with E-state index in [1.165, 1.54) is 32.1 Å². The summed E-state index contributed by atoms with van der Waals surface area (Å²) in [6.45, 7) is 10.1. The van der Waals surface area contributed by atoms with Gasteiger partial charge in [-0.05, 0) is 44.7 Å². The van der Waals surface area contributed by atoms with Crippen molar-refractivity contribution < 1.29 is 0 Å². The van der Waals surface area contributed by atoms with E-state index in [-0.39, 0.29) is 0 Å². The number of nitrogens with one attached hydrogen (secondary N) is 2. The van der Waals surface area contributed by atoms with E-state index in [1.54, 1.807) is 0 Å². The number of aliphatic imine (C=N–C) groups is 1. The van der Waals surface area contributed by atoms with Gasteiger partial charge in [0.15, 0.2) is 5.96 Å². The summed E-state index contributed by atoms with van der Waals surface area (Å²) in [6, 6.07) is 0.554. The van der Waals surface area contributed by atoms with Crippen molar-refractivity contribution in [2.24, 2.45) is 16.3 Å². The molecule has 0 aromatic heterocycles. The van der Waals surface area contributed by atoms with Gasteiger partial charge in [-0.15, -0.1) is 0 Å². The molecule has 2 fully saturated rings. The topological polar surface area (TPSA) is 42.9 Å². The summed E-state index contributed by atoms with van der Waals surface area (Å²) in [6.07, 6.45) is 6.84. The average molecular weight is 338 g/mol. The summed E-state index contributed by atoms with van der Waals surface area (Å²) >= 11 is 0. The number of likely N-dealkylation sites (N-methyl/N-ethyl adjacent to an activating group) is 2. The van der Waals surface area contributed by atoms with E-state index in [0.717, 1.165) is 44.6 Å². The Morgan fingerprint density at radius 2 is 1.88 bits per heavy atom. The Bertz CT molecular complexity index is 401. The maximum absolute atomic E-state index is 4.45. The summed E-state index contributed by atoms with van der Waals surface area (Å²) in [5, 5.41) is 7.19. The van der Waals surface area contributed by atoms with Gasteiger partial charge in [0.05, 0.1) is 0 Å². The number of piperazine rings is 1. The molecule has 1 saturated heterocycles. The van der Waals surface area contributed by atoms with Gasteiger partial charge in [-0.25, -0.2) is 0 Å². The Morgan fingerprint density at radius 1 is 1.17 bits per heavy atom. The molecule has 0 spiro atoms. The fourth-order valence-corrected chi connectivity index (χ4v) is 4.47. The molecule has 0 amide bonds. The maximum atomic E-state index is 4.45. The van der Waals surface area contributed by atoms with Crippen molar-refractivity contribution in [3.05, 3.63) is 0 Å². The van der Waals surface area contributed by atoms with Crippen molar-refractivity contribution in [1.82, 2.24) is 20.4 Å². The second kappa shape index (κ2) is 9.04. The number of hydrogen-bond acceptors (Lipinski definition) is 3. The lowest BCUT2D eigenvalue weighted by atomic mass is 9.78. The lowest BCUT2D eigenvalue weighted by Gasteiger charge is -2.38. The highest BCUT2D eigenvalue weighted by Crippen LogP contribution is 2.42. The molecule has 1 unspecified atom stereocenters. The normalized spacial score (nSPS) is 26.1. The molecule has 24 heavy (non-hydrogen) atoms. The first-order valence-electron chi connectivity index (χ1n) is 9.77. The molecule has 0 aromatic carbocycles. The zero-order valence-corrected chi connectivity index (χ0v) is 16.6. The number of nitrogens with zero attached hydrogens (tertiary/aromatic N) is 3. The monoisotopic (exact) mass is 337 g/mol.